The fourth-order valence-electron chi connectivity index (χ4n) is 2.15. The first-order valence-corrected chi connectivity index (χ1v) is 8.30. The van der Waals surface area contributed by atoms with Gasteiger partial charge in [-0.15, -0.1) is 0 Å². The maximum absolute atomic E-state index is 12.7. The second-order valence-electron chi connectivity index (χ2n) is 4.55. The zero-order valence-electron chi connectivity index (χ0n) is 11.3. The lowest BCUT2D eigenvalue weighted by molar-refractivity contribution is 0.386. The van der Waals surface area contributed by atoms with Gasteiger partial charge in [-0.3, -0.25) is 0 Å². The Labute approximate surface area is 127 Å². The van der Waals surface area contributed by atoms with Crippen molar-refractivity contribution in [1.29, 1.82) is 0 Å². The molecule has 0 amide bonds. The highest BCUT2D eigenvalue weighted by molar-refractivity contribution is 9.10. The average molecular weight is 365 g/mol. The van der Waals surface area contributed by atoms with Gasteiger partial charge < -0.3 is 15.2 Å². The number of rotatable bonds is 4. The SMILES string of the molecule is COc1cc(S(=O)(=O)N2CC[C@@H](N)C2)c(OC)cc1Br. The van der Waals surface area contributed by atoms with Gasteiger partial charge in [0.05, 0.1) is 18.7 Å². The number of hydrogen-bond donors (Lipinski definition) is 1. The van der Waals surface area contributed by atoms with Gasteiger partial charge in [-0.05, 0) is 28.4 Å². The number of nitrogens with zero attached hydrogens (tertiary/aromatic N) is 1. The van der Waals surface area contributed by atoms with Gasteiger partial charge in [-0.1, -0.05) is 0 Å². The van der Waals surface area contributed by atoms with Crippen molar-refractivity contribution in [3.05, 3.63) is 16.6 Å². The van der Waals surface area contributed by atoms with Gasteiger partial charge in [0.25, 0.3) is 0 Å². The summed E-state index contributed by atoms with van der Waals surface area (Å²) >= 11 is 3.31. The molecular weight excluding hydrogens is 348 g/mol. The summed E-state index contributed by atoms with van der Waals surface area (Å²) in [5, 5.41) is 0. The molecule has 0 bridgehead atoms. The summed E-state index contributed by atoms with van der Waals surface area (Å²) in [5.74, 6) is 0.714. The van der Waals surface area contributed by atoms with Crippen molar-refractivity contribution in [2.24, 2.45) is 5.73 Å². The zero-order valence-corrected chi connectivity index (χ0v) is 13.7. The predicted octanol–water partition coefficient (Wildman–Crippen LogP) is 1.19. The van der Waals surface area contributed by atoms with Crippen LogP contribution in [-0.2, 0) is 10.0 Å². The van der Waals surface area contributed by atoms with Crippen LogP contribution in [0.5, 0.6) is 11.5 Å². The van der Waals surface area contributed by atoms with E-state index in [1.165, 1.54) is 24.6 Å². The van der Waals surface area contributed by atoms with Gasteiger partial charge in [0.1, 0.15) is 16.4 Å². The molecule has 0 aliphatic carbocycles. The van der Waals surface area contributed by atoms with Crippen molar-refractivity contribution < 1.29 is 17.9 Å². The Hall–Kier alpha value is -0.830. The first-order valence-electron chi connectivity index (χ1n) is 6.07. The van der Waals surface area contributed by atoms with Crippen LogP contribution in [-0.4, -0.2) is 46.1 Å². The third kappa shape index (κ3) is 2.78. The number of hydrogen-bond acceptors (Lipinski definition) is 5. The lowest BCUT2D eigenvalue weighted by atomic mass is 10.3. The molecule has 8 heteroatoms. The van der Waals surface area contributed by atoms with Gasteiger partial charge in [-0.25, -0.2) is 8.42 Å². The second kappa shape index (κ2) is 5.88. The summed E-state index contributed by atoms with van der Waals surface area (Å²) in [6, 6.07) is 2.93. The molecule has 0 unspecified atom stereocenters. The highest BCUT2D eigenvalue weighted by Gasteiger charge is 2.33. The van der Waals surface area contributed by atoms with Crippen LogP contribution in [0.4, 0.5) is 0 Å². The summed E-state index contributed by atoms with van der Waals surface area (Å²) in [6.07, 6.45) is 0.662. The standard InChI is InChI=1S/C12H17BrN2O4S/c1-18-10-6-12(11(19-2)5-9(10)13)20(16,17)15-4-3-8(14)7-15/h5-6,8H,3-4,7,14H2,1-2H3/t8-/m1/s1. The van der Waals surface area contributed by atoms with Crippen LogP contribution in [0, 0.1) is 0 Å². The summed E-state index contributed by atoms with van der Waals surface area (Å²) in [6.45, 7) is 0.745. The summed E-state index contributed by atoms with van der Waals surface area (Å²) in [4.78, 5) is 0.0918. The number of nitrogens with two attached hydrogens (primary N) is 1. The molecule has 2 N–H and O–H groups in total. The topological polar surface area (TPSA) is 81.9 Å². The molecule has 1 aromatic rings. The molecule has 2 rings (SSSR count). The Morgan fingerprint density at radius 1 is 1.30 bits per heavy atom. The Morgan fingerprint density at radius 2 is 1.95 bits per heavy atom. The van der Waals surface area contributed by atoms with Crippen molar-refractivity contribution in [2.75, 3.05) is 27.3 Å². The fraction of sp³-hybridized carbons (Fsp3) is 0.500. The molecule has 112 valence electrons. The van der Waals surface area contributed by atoms with Crippen molar-refractivity contribution in [1.82, 2.24) is 4.31 Å². The van der Waals surface area contributed by atoms with Crippen LogP contribution >= 0.6 is 15.9 Å². The normalized spacial score (nSPS) is 20.1. The lowest BCUT2D eigenvalue weighted by Gasteiger charge is -2.19. The highest BCUT2D eigenvalue weighted by atomic mass is 79.9. The quantitative estimate of drug-likeness (QED) is 0.867. The molecule has 0 saturated carbocycles. The summed E-state index contributed by atoms with van der Waals surface area (Å²) in [7, 11) is -0.722. The molecule has 1 atom stereocenters. The van der Waals surface area contributed by atoms with Gasteiger partial charge in [0, 0.05) is 25.2 Å². The summed E-state index contributed by atoms with van der Waals surface area (Å²) < 4.78 is 37.7. The van der Waals surface area contributed by atoms with Gasteiger partial charge >= 0.3 is 0 Å². The number of halogens is 1. The molecule has 1 saturated heterocycles. The number of ether oxygens (including phenoxy) is 2. The van der Waals surface area contributed by atoms with E-state index in [-0.39, 0.29) is 16.7 Å². The zero-order chi connectivity index (χ0) is 14.9. The van der Waals surface area contributed by atoms with Crippen molar-refractivity contribution in [3.8, 4) is 11.5 Å². The molecule has 1 aliphatic heterocycles. The second-order valence-corrected chi connectivity index (χ2v) is 7.31. The Kier molecular flexibility index (Phi) is 4.58. The average Bonchev–Trinajstić information content (AvgIpc) is 2.85. The molecule has 1 heterocycles. The molecule has 1 fully saturated rings. The maximum Gasteiger partial charge on any atom is 0.246 e. The Morgan fingerprint density at radius 3 is 2.45 bits per heavy atom. The largest absolute Gasteiger partial charge is 0.496 e. The van der Waals surface area contributed by atoms with E-state index in [2.05, 4.69) is 15.9 Å². The van der Waals surface area contributed by atoms with E-state index in [1.54, 1.807) is 6.07 Å². The molecule has 0 aromatic heterocycles. The number of sulfonamides is 1. The van der Waals surface area contributed by atoms with Crippen LogP contribution in [0.1, 0.15) is 6.42 Å². The monoisotopic (exact) mass is 364 g/mol. The van der Waals surface area contributed by atoms with Crippen LogP contribution in [0.2, 0.25) is 0 Å². The molecular formula is C12H17BrN2O4S. The Balaban J connectivity index is 2.50. The van der Waals surface area contributed by atoms with E-state index in [4.69, 9.17) is 15.2 Å². The van der Waals surface area contributed by atoms with E-state index < -0.39 is 10.0 Å². The third-order valence-electron chi connectivity index (χ3n) is 3.24. The van der Waals surface area contributed by atoms with E-state index >= 15 is 0 Å². The van der Waals surface area contributed by atoms with Crippen molar-refractivity contribution in [3.63, 3.8) is 0 Å². The van der Waals surface area contributed by atoms with E-state index in [9.17, 15) is 8.42 Å². The minimum atomic E-state index is -3.64. The van der Waals surface area contributed by atoms with Gasteiger partial charge in [-0.2, -0.15) is 4.31 Å². The lowest BCUT2D eigenvalue weighted by Crippen LogP contribution is -2.32. The smallest absolute Gasteiger partial charge is 0.246 e. The predicted molar refractivity (Wildman–Crippen MR) is 78.6 cm³/mol. The van der Waals surface area contributed by atoms with Crippen LogP contribution in [0.3, 0.4) is 0 Å². The molecule has 0 spiro atoms. The summed E-state index contributed by atoms with van der Waals surface area (Å²) in [5.41, 5.74) is 5.78. The van der Waals surface area contributed by atoms with Crippen molar-refractivity contribution >= 4 is 26.0 Å². The molecule has 20 heavy (non-hydrogen) atoms. The van der Waals surface area contributed by atoms with Gasteiger partial charge in [0.2, 0.25) is 10.0 Å². The van der Waals surface area contributed by atoms with E-state index in [1.807, 2.05) is 0 Å². The van der Waals surface area contributed by atoms with E-state index in [0.29, 0.717) is 29.7 Å². The molecule has 0 radical (unpaired) electrons. The van der Waals surface area contributed by atoms with Crippen LogP contribution in [0.15, 0.2) is 21.5 Å². The van der Waals surface area contributed by atoms with E-state index in [0.717, 1.165) is 0 Å². The molecule has 1 aliphatic rings. The Bertz CT molecular complexity index is 606. The fourth-order valence-corrected chi connectivity index (χ4v) is 4.29. The highest BCUT2D eigenvalue weighted by Crippen LogP contribution is 2.37. The van der Waals surface area contributed by atoms with Crippen molar-refractivity contribution in [2.45, 2.75) is 17.4 Å². The maximum atomic E-state index is 12.7. The number of benzene rings is 1. The van der Waals surface area contributed by atoms with Crippen LogP contribution in [0.25, 0.3) is 0 Å². The molecule has 1 aromatic carbocycles. The van der Waals surface area contributed by atoms with Crippen LogP contribution < -0.4 is 15.2 Å². The minimum Gasteiger partial charge on any atom is -0.496 e. The first kappa shape index (κ1) is 15.6. The first-order chi connectivity index (χ1) is 9.40. The minimum absolute atomic E-state index is 0.0918. The van der Waals surface area contributed by atoms with Gasteiger partial charge in [0.15, 0.2) is 0 Å². The molecule has 6 nitrogen and oxygen atoms in total. The third-order valence-corrected chi connectivity index (χ3v) is 5.75. The number of methoxy groups -OCH3 is 2.